The monoisotopic (exact) mass is 306 g/mol. The van der Waals surface area contributed by atoms with Crippen molar-refractivity contribution in [2.24, 2.45) is 11.8 Å². The van der Waals surface area contributed by atoms with Gasteiger partial charge in [0.2, 0.25) is 0 Å². The van der Waals surface area contributed by atoms with Crippen LogP contribution in [0, 0.1) is 11.8 Å². The number of hydrogen-bond acceptors (Lipinski definition) is 5. The first kappa shape index (κ1) is 16.3. The Bertz CT molecular complexity index is 551. The van der Waals surface area contributed by atoms with E-state index in [2.05, 4.69) is 6.92 Å². The molecule has 5 nitrogen and oxygen atoms in total. The second kappa shape index (κ2) is 6.38. The summed E-state index contributed by atoms with van der Waals surface area (Å²) < 4.78 is 9.70. The Labute approximate surface area is 130 Å². The van der Waals surface area contributed by atoms with Crippen LogP contribution in [0.3, 0.4) is 0 Å². The summed E-state index contributed by atoms with van der Waals surface area (Å²) in [4.78, 5) is 24.0. The van der Waals surface area contributed by atoms with Crippen LogP contribution in [0.25, 0.3) is 0 Å². The summed E-state index contributed by atoms with van der Waals surface area (Å²) in [7, 11) is 2.67. The third-order valence-corrected chi connectivity index (χ3v) is 4.74. The number of ether oxygens (including phenoxy) is 2. The zero-order chi connectivity index (χ0) is 16.3. The van der Waals surface area contributed by atoms with Crippen LogP contribution in [0.4, 0.5) is 0 Å². The van der Waals surface area contributed by atoms with Crippen LogP contribution < -0.4 is 0 Å². The largest absolute Gasteiger partial charge is 0.508 e. The minimum absolute atomic E-state index is 0.208. The average Bonchev–Trinajstić information content (AvgIpc) is 2.53. The van der Waals surface area contributed by atoms with E-state index in [1.54, 1.807) is 12.1 Å². The van der Waals surface area contributed by atoms with Crippen LogP contribution >= 0.6 is 0 Å². The van der Waals surface area contributed by atoms with Crippen LogP contribution in [-0.2, 0) is 24.5 Å². The lowest BCUT2D eigenvalue weighted by Crippen LogP contribution is -2.42. The van der Waals surface area contributed by atoms with Gasteiger partial charge in [0, 0.05) is 0 Å². The van der Waals surface area contributed by atoms with Crippen molar-refractivity contribution >= 4 is 11.9 Å². The maximum atomic E-state index is 12.1. The minimum atomic E-state index is -0.509. The van der Waals surface area contributed by atoms with Crippen LogP contribution in [-0.4, -0.2) is 31.3 Å². The highest BCUT2D eigenvalue weighted by Gasteiger charge is 2.45. The zero-order valence-corrected chi connectivity index (χ0v) is 13.2. The van der Waals surface area contributed by atoms with Gasteiger partial charge in [0.25, 0.3) is 0 Å². The topological polar surface area (TPSA) is 72.8 Å². The molecular formula is C17H22O5. The van der Waals surface area contributed by atoms with Crippen molar-refractivity contribution in [3.63, 3.8) is 0 Å². The van der Waals surface area contributed by atoms with E-state index in [0.29, 0.717) is 12.8 Å². The number of hydrogen-bond donors (Lipinski definition) is 1. The van der Waals surface area contributed by atoms with Crippen molar-refractivity contribution in [2.75, 3.05) is 14.2 Å². The molecule has 3 atom stereocenters. The van der Waals surface area contributed by atoms with E-state index in [0.717, 1.165) is 12.0 Å². The molecule has 1 fully saturated rings. The van der Waals surface area contributed by atoms with Gasteiger partial charge in [-0.15, -0.1) is 0 Å². The maximum Gasteiger partial charge on any atom is 0.309 e. The molecule has 0 amide bonds. The molecule has 5 heteroatoms. The van der Waals surface area contributed by atoms with Gasteiger partial charge in [-0.25, -0.2) is 0 Å². The lowest BCUT2D eigenvalue weighted by molar-refractivity contribution is -0.160. The number of benzene rings is 1. The van der Waals surface area contributed by atoms with Crippen molar-refractivity contribution in [1.29, 1.82) is 0 Å². The number of methoxy groups -OCH3 is 2. The molecule has 3 unspecified atom stereocenters. The molecule has 22 heavy (non-hydrogen) atoms. The van der Waals surface area contributed by atoms with Gasteiger partial charge < -0.3 is 14.6 Å². The summed E-state index contributed by atoms with van der Waals surface area (Å²) in [5.74, 6) is -1.49. The highest BCUT2D eigenvalue weighted by atomic mass is 16.5. The number of carbonyl (C=O) groups is 2. The fourth-order valence-corrected chi connectivity index (χ4v) is 3.36. The van der Waals surface area contributed by atoms with Gasteiger partial charge in [-0.3, -0.25) is 9.59 Å². The molecule has 0 spiro atoms. The van der Waals surface area contributed by atoms with Gasteiger partial charge in [-0.2, -0.15) is 0 Å². The van der Waals surface area contributed by atoms with Gasteiger partial charge in [0.15, 0.2) is 0 Å². The van der Waals surface area contributed by atoms with E-state index in [-0.39, 0.29) is 23.1 Å². The predicted molar refractivity (Wildman–Crippen MR) is 80.3 cm³/mol. The molecule has 0 aliphatic heterocycles. The van der Waals surface area contributed by atoms with Crippen molar-refractivity contribution in [2.45, 2.75) is 31.6 Å². The summed E-state index contributed by atoms with van der Waals surface area (Å²) in [5.41, 5.74) is 0.805. The first-order chi connectivity index (χ1) is 10.4. The third kappa shape index (κ3) is 3.08. The van der Waals surface area contributed by atoms with E-state index in [4.69, 9.17) is 9.47 Å². The number of phenolic OH excluding ortho intramolecular Hbond substituents is 1. The maximum absolute atomic E-state index is 12.1. The summed E-state index contributed by atoms with van der Waals surface area (Å²) in [5, 5.41) is 9.43. The van der Waals surface area contributed by atoms with Crippen LogP contribution in [0.15, 0.2) is 24.3 Å². The Balaban J connectivity index is 2.29. The highest BCUT2D eigenvalue weighted by Crippen LogP contribution is 2.45. The molecule has 0 aromatic heterocycles. The lowest BCUT2D eigenvalue weighted by Gasteiger charge is -2.40. The van der Waals surface area contributed by atoms with Crippen molar-refractivity contribution in [3.8, 4) is 5.75 Å². The first-order valence-corrected chi connectivity index (χ1v) is 7.36. The van der Waals surface area contributed by atoms with Crippen LogP contribution in [0.2, 0.25) is 0 Å². The molecule has 0 radical (unpaired) electrons. The Morgan fingerprint density at radius 2 is 1.64 bits per heavy atom. The molecule has 0 bridgehead atoms. The molecule has 1 aliphatic rings. The van der Waals surface area contributed by atoms with E-state index in [1.165, 1.54) is 14.2 Å². The second-order valence-corrected chi connectivity index (χ2v) is 6.11. The van der Waals surface area contributed by atoms with Crippen LogP contribution in [0.1, 0.15) is 31.7 Å². The fraction of sp³-hybridized carbons (Fsp3) is 0.529. The third-order valence-electron chi connectivity index (χ3n) is 4.74. The van der Waals surface area contributed by atoms with Gasteiger partial charge in [-0.1, -0.05) is 19.1 Å². The van der Waals surface area contributed by atoms with Gasteiger partial charge >= 0.3 is 11.9 Å². The summed E-state index contributed by atoms with van der Waals surface area (Å²) in [6, 6.07) is 7.00. The minimum Gasteiger partial charge on any atom is -0.508 e. The summed E-state index contributed by atoms with van der Waals surface area (Å²) in [6.45, 7) is 2.07. The Kier molecular flexibility index (Phi) is 4.74. The Morgan fingerprint density at radius 3 is 2.18 bits per heavy atom. The quantitative estimate of drug-likeness (QED) is 0.868. The number of phenols is 1. The number of rotatable bonds is 3. The molecule has 1 saturated carbocycles. The highest BCUT2D eigenvalue weighted by molar-refractivity contribution is 5.82. The Hall–Kier alpha value is -2.04. The molecule has 1 aromatic carbocycles. The van der Waals surface area contributed by atoms with E-state index < -0.39 is 11.8 Å². The first-order valence-electron chi connectivity index (χ1n) is 7.36. The normalized spacial score (nSPS) is 28.0. The molecule has 0 saturated heterocycles. The molecular weight excluding hydrogens is 284 g/mol. The predicted octanol–water partition coefficient (Wildman–Crippen LogP) is 2.41. The van der Waals surface area contributed by atoms with E-state index in [1.807, 2.05) is 12.1 Å². The number of carbonyl (C=O) groups excluding carboxylic acids is 2. The van der Waals surface area contributed by atoms with Crippen LogP contribution in [0.5, 0.6) is 5.75 Å². The number of aromatic hydroxyl groups is 1. The molecule has 2 rings (SSSR count). The standard InChI is InChI=1S/C17H22O5/c1-17(11-4-6-12(18)7-5-11)9-8-13(15(19)21-2)14(10-17)16(20)22-3/h4-7,13-14,18H,8-10H2,1-3H3. The van der Waals surface area contributed by atoms with Crippen molar-refractivity contribution < 1.29 is 24.2 Å². The molecule has 1 aliphatic carbocycles. The van der Waals surface area contributed by atoms with E-state index >= 15 is 0 Å². The van der Waals surface area contributed by atoms with Crippen molar-refractivity contribution in [1.82, 2.24) is 0 Å². The number of esters is 2. The smallest absolute Gasteiger partial charge is 0.309 e. The second-order valence-electron chi connectivity index (χ2n) is 6.11. The Morgan fingerprint density at radius 1 is 1.09 bits per heavy atom. The summed E-state index contributed by atoms with van der Waals surface area (Å²) in [6.07, 6.45) is 1.86. The van der Waals surface area contributed by atoms with Gasteiger partial charge in [-0.05, 0) is 42.4 Å². The SMILES string of the molecule is COC(=O)C1CCC(C)(c2ccc(O)cc2)CC1C(=O)OC. The molecule has 1 aromatic rings. The zero-order valence-electron chi connectivity index (χ0n) is 13.2. The van der Waals surface area contributed by atoms with Gasteiger partial charge in [0.1, 0.15) is 5.75 Å². The fourth-order valence-electron chi connectivity index (χ4n) is 3.36. The van der Waals surface area contributed by atoms with Crippen molar-refractivity contribution in [3.05, 3.63) is 29.8 Å². The average molecular weight is 306 g/mol. The molecule has 120 valence electrons. The lowest BCUT2D eigenvalue weighted by atomic mass is 9.63. The van der Waals surface area contributed by atoms with Gasteiger partial charge in [0.05, 0.1) is 26.1 Å². The molecule has 1 N–H and O–H groups in total. The molecule has 0 heterocycles. The summed E-state index contributed by atoms with van der Waals surface area (Å²) >= 11 is 0. The van der Waals surface area contributed by atoms with E-state index in [9.17, 15) is 14.7 Å².